The van der Waals surface area contributed by atoms with Crippen LogP contribution in [0.15, 0.2) is 48.5 Å². The molecule has 27 heavy (non-hydrogen) atoms. The Bertz CT molecular complexity index is 875. The molecule has 2 aromatic rings. The van der Waals surface area contributed by atoms with E-state index in [0.29, 0.717) is 17.5 Å². The second kappa shape index (κ2) is 7.61. The summed E-state index contributed by atoms with van der Waals surface area (Å²) in [5.74, 6) is -1.31. The molecule has 2 unspecified atom stereocenters. The lowest BCUT2D eigenvalue weighted by molar-refractivity contribution is -0.137. The van der Waals surface area contributed by atoms with E-state index in [1.807, 2.05) is 30.3 Å². The number of hydrogen-bond acceptors (Lipinski definition) is 5. The van der Waals surface area contributed by atoms with E-state index < -0.39 is 24.1 Å². The summed E-state index contributed by atoms with van der Waals surface area (Å²) >= 11 is 0. The highest BCUT2D eigenvalue weighted by Gasteiger charge is 2.29. The zero-order valence-corrected chi connectivity index (χ0v) is 15.5. The van der Waals surface area contributed by atoms with Crippen LogP contribution in [0.25, 0.3) is 0 Å². The average molecular weight is 367 g/mol. The van der Waals surface area contributed by atoms with E-state index in [-0.39, 0.29) is 5.91 Å². The highest BCUT2D eigenvalue weighted by atomic mass is 16.6. The fourth-order valence-corrected chi connectivity index (χ4v) is 3.02. The van der Waals surface area contributed by atoms with E-state index >= 15 is 0 Å². The summed E-state index contributed by atoms with van der Waals surface area (Å²) in [5.41, 5.74) is 2.36. The van der Waals surface area contributed by atoms with E-state index in [1.165, 1.54) is 17.9 Å². The molecule has 2 atom stereocenters. The van der Waals surface area contributed by atoms with Gasteiger partial charge in [-0.1, -0.05) is 30.3 Å². The minimum Gasteiger partial charge on any atom is -0.454 e. The molecule has 3 rings (SSSR count). The Morgan fingerprint density at radius 1 is 1.15 bits per heavy atom. The summed E-state index contributed by atoms with van der Waals surface area (Å²) in [6, 6.07) is 14.2. The fraction of sp³-hybridized carbons (Fsp3) is 0.286. The summed E-state index contributed by atoms with van der Waals surface area (Å²) in [6.45, 7) is 1.53. The van der Waals surface area contributed by atoms with Gasteiger partial charge in [0.1, 0.15) is 6.10 Å². The number of rotatable bonds is 4. The normalized spacial score (nSPS) is 16.7. The second-order valence-electron chi connectivity index (χ2n) is 6.66. The second-order valence-corrected chi connectivity index (χ2v) is 6.66. The number of ether oxygens (including phenoxy) is 2. The van der Waals surface area contributed by atoms with Crippen molar-refractivity contribution in [3.8, 4) is 0 Å². The first kappa shape index (κ1) is 18.6. The molecule has 0 radical (unpaired) electrons. The number of carbonyl (C=O) groups excluding carboxylic acids is 3. The van der Waals surface area contributed by atoms with Crippen molar-refractivity contribution in [2.24, 2.45) is 0 Å². The smallest absolute Gasteiger partial charge is 0.339 e. The molecule has 0 aromatic heterocycles. The van der Waals surface area contributed by atoms with Crippen molar-refractivity contribution in [3.05, 3.63) is 70.8 Å². The van der Waals surface area contributed by atoms with Gasteiger partial charge in [0.05, 0.1) is 11.1 Å². The number of nitrogens with zero attached hydrogens (tertiary/aromatic N) is 1. The van der Waals surface area contributed by atoms with E-state index in [0.717, 1.165) is 11.1 Å². The van der Waals surface area contributed by atoms with Crippen molar-refractivity contribution >= 4 is 17.8 Å². The van der Waals surface area contributed by atoms with Crippen molar-refractivity contribution in [2.45, 2.75) is 25.6 Å². The van der Waals surface area contributed by atoms with Crippen LogP contribution in [0.4, 0.5) is 0 Å². The zero-order chi connectivity index (χ0) is 19.6. The van der Waals surface area contributed by atoms with Gasteiger partial charge in [0.15, 0.2) is 6.10 Å². The van der Waals surface area contributed by atoms with Crippen molar-refractivity contribution in [1.82, 2.24) is 4.90 Å². The first-order chi connectivity index (χ1) is 12.9. The van der Waals surface area contributed by atoms with Gasteiger partial charge in [-0.05, 0) is 36.2 Å². The van der Waals surface area contributed by atoms with Gasteiger partial charge in [0.25, 0.3) is 5.91 Å². The van der Waals surface area contributed by atoms with E-state index in [2.05, 4.69) is 0 Å². The monoisotopic (exact) mass is 367 g/mol. The maximum Gasteiger partial charge on any atom is 0.339 e. The summed E-state index contributed by atoms with van der Waals surface area (Å²) in [5, 5.41) is 0. The zero-order valence-electron chi connectivity index (χ0n) is 15.5. The van der Waals surface area contributed by atoms with Crippen LogP contribution in [-0.4, -0.2) is 42.9 Å². The van der Waals surface area contributed by atoms with Gasteiger partial charge >= 0.3 is 11.9 Å². The Labute approximate surface area is 157 Å². The predicted octanol–water partition coefficient (Wildman–Crippen LogP) is 2.77. The highest BCUT2D eigenvalue weighted by molar-refractivity contribution is 5.96. The number of likely N-dealkylation sites (N-methyl/N-ethyl adjacent to an activating group) is 1. The molecule has 1 aliphatic heterocycles. The molecule has 0 fully saturated rings. The molecule has 0 aliphatic carbocycles. The predicted molar refractivity (Wildman–Crippen MR) is 98.3 cm³/mol. The Balaban J connectivity index is 1.81. The third kappa shape index (κ3) is 4.00. The summed E-state index contributed by atoms with van der Waals surface area (Å²) in [6.07, 6.45) is -0.810. The topological polar surface area (TPSA) is 72.9 Å². The van der Waals surface area contributed by atoms with Crippen LogP contribution in [0, 0.1) is 0 Å². The molecule has 0 saturated carbocycles. The third-order valence-corrected chi connectivity index (χ3v) is 4.46. The van der Waals surface area contributed by atoms with E-state index in [9.17, 15) is 14.4 Å². The lowest BCUT2D eigenvalue weighted by Gasteiger charge is -2.25. The molecule has 6 heteroatoms. The van der Waals surface area contributed by atoms with Gasteiger partial charge in [-0.25, -0.2) is 9.59 Å². The number of cyclic esters (lactones) is 1. The van der Waals surface area contributed by atoms with Gasteiger partial charge in [-0.15, -0.1) is 0 Å². The van der Waals surface area contributed by atoms with Crippen LogP contribution in [0.3, 0.4) is 0 Å². The van der Waals surface area contributed by atoms with Crippen molar-refractivity contribution in [2.75, 3.05) is 14.1 Å². The number of esters is 2. The lowest BCUT2D eigenvalue weighted by Crippen LogP contribution is -2.35. The molecule has 0 bridgehead atoms. The molecule has 2 aromatic carbocycles. The van der Waals surface area contributed by atoms with Gasteiger partial charge in [0.2, 0.25) is 0 Å². The largest absolute Gasteiger partial charge is 0.454 e. The first-order valence-corrected chi connectivity index (χ1v) is 8.68. The number of fused-ring (bicyclic) bond motifs is 1. The Morgan fingerprint density at radius 2 is 1.85 bits per heavy atom. The molecule has 1 heterocycles. The van der Waals surface area contributed by atoms with Crippen molar-refractivity contribution in [1.29, 1.82) is 0 Å². The van der Waals surface area contributed by atoms with Crippen molar-refractivity contribution < 1.29 is 23.9 Å². The van der Waals surface area contributed by atoms with Gasteiger partial charge in [-0.3, -0.25) is 4.79 Å². The third-order valence-electron chi connectivity index (χ3n) is 4.46. The van der Waals surface area contributed by atoms with Gasteiger partial charge in [-0.2, -0.15) is 0 Å². The fourth-order valence-electron chi connectivity index (χ4n) is 3.02. The molecule has 0 spiro atoms. The van der Waals surface area contributed by atoms with E-state index in [4.69, 9.17) is 9.47 Å². The number of carbonyl (C=O) groups is 3. The summed E-state index contributed by atoms with van der Waals surface area (Å²) in [7, 11) is 3.20. The molecule has 6 nitrogen and oxygen atoms in total. The first-order valence-electron chi connectivity index (χ1n) is 8.68. The van der Waals surface area contributed by atoms with Crippen LogP contribution >= 0.6 is 0 Å². The molecular weight excluding hydrogens is 346 g/mol. The molecule has 1 aliphatic rings. The van der Waals surface area contributed by atoms with Crippen molar-refractivity contribution in [3.63, 3.8) is 0 Å². The van der Waals surface area contributed by atoms with E-state index in [1.54, 1.807) is 26.2 Å². The number of benzene rings is 2. The molecule has 140 valence electrons. The molecule has 0 saturated heterocycles. The van der Waals surface area contributed by atoms with Crippen LogP contribution in [-0.2, 0) is 20.7 Å². The lowest BCUT2D eigenvalue weighted by atomic mass is 9.93. The van der Waals surface area contributed by atoms with Crippen LogP contribution in [0.1, 0.15) is 44.9 Å². The van der Waals surface area contributed by atoms with Crippen LogP contribution in [0.2, 0.25) is 0 Å². The Hall–Kier alpha value is -3.15. The quantitative estimate of drug-likeness (QED) is 0.777. The summed E-state index contributed by atoms with van der Waals surface area (Å²) in [4.78, 5) is 37.9. The maximum absolute atomic E-state index is 12.4. The van der Waals surface area contributed by atoms with Crippen LogP contribution in [0.5, 0.6) is 0 Å². The average Bonchev–Trinajstić information content (AvgIpc) is 2.67. The SMILES string of the molecule is CC(OC(=O)c1ccc2c(c1)CC(c1ccccc1)OC2=O)C(=O)N(C)C. The Kier molecular flexibility index (Phi) is 5.26. The summed E-state index contributed by atoms with van der Waals surface area (Å²) < 4.78 is 10.8. The standard InChI is InChI=1S/C21H21NO5/c1-13(19(23)22(2)3)26-20(24)15-9-10-17-16(11-15)12-18(27-21(17)25)14-7-5-4-6-8-14/h4-11,13,18H,12H2,1-3H3. The highest BCUT2D eigenvalue weighted by Crippen LogP contribution is 2.31. The minimum atomic E-state index is -0.884. The Morgan fingerprint density at radius 3 is 2.52 bits per heavy atom. The molecule has 0 N–H and O–H groups in total. The van der Waals surface area contributed by atoms with Crippen LogP contribution < -0.4 is 0 Å². The molecular formula is C21H21NO5. The van der Waals surface area contributed by atoms with Gasteiger partial charge in [0, 0.05) is 20.5 Å². The minimum absolute atomic E-state index is 0.297. The van der Waals surface area contributed by atoms with Gasteiger partial charge < -0.3 is 14.4 Å². The maximum atomic E-state index is 12.4. The number of hydrogen-bond donors (Lipinski definition) is 0. The molecule has 1 amide bonds. The number of amides is 1.